The third-order valence-electron chi connectivity index (χ3n) is 2.10. The van der Waals surface area contributed by atoms with E-state index in [-0.39, 0.29) is 0 Å². The van der Waals surface area contributed by atoms with Crippen molar-refractivity contribution in [1.82, 2.24) is 4.98 Å². The van der Waals surface area contributed by atoms with Crippen molar-refractivity contribution in [2.45, 2.75) is 6.92 Å². The maximum Gasteiger partial charge on any atom is 0.273 e. The molecule has 2 rings (SSSR count). The highest BCUT2D eigenvalue weighted by Crippen LogP contribution is 2.32. The summed E-state index contributed by atoms with van der Waals surface area (Å²) >= 11 is 6.11. The first-order valence-corrected chi connectivity index (χ1v) is 6.39. The number of hydrogen-bond acceptors (Lipinski definition) is 5. The zero-order chi connectivity index (χ0) is 12.1. The van der Waals surface area contributed by atoms with E-state index in [9.17, 15) is 0 Å². The van der Waals surface area contributed by atoms with E-state index in [1.165, 1.54) is 11.3 Å². The predicted octanol–water partition coefficient (Wildman–Crippen LogP) is 3.94. The van der Waals surface area contributed by atoms with Gasteiger partial charge in [0, 0.05) is 10.9 Å². The lowest BCUT2D eigenvalue weighted by Crippen LogP contribution is -1.90. The van der Waals surface area contributed by atoms with Crippen LogP contribution in [0.25, 0.3) is 11.3 Å². The van der Waals surface area contributed by atoms with Gasteiger partial charge in [-0.05, 0) is 25.2 Å². The molecule has 2 aromatic rings. The van der Waals surface area contributed by atoms with Crippen molar-refractivity contribution in [2.75, 3.05) is 6.61 Å². The lowest BCUT2D eigenvalue weighted by molar-refractivity contribution is 0.338. The molecule has 0 bridgehead atoms. The molecule has 1 aromatic heterocycles. The Morgan fingerprint density at radius 1 is 1.47 bits per heavy atom. The molecule has 86 valence electrons. The highest BCUT2D eigenvalue weighted by molar-refractivity contribution is 7.78. The maximum atomic E-state index is 5.35. The van der Waals surface area contributed by atoms with Gasteiger partial charge in [-0.15, -0.1) is 0 Å². The second-order valence-electron chi connectivity index (χ2n) is 3.15. The number of aromatic nitrogens is 1. The summed E-state index contributed by atoms with van der Waals surface area (Å²) in [5.41, 5.74) is 2.56. The summed E-state index contributed by atoms with van der Waals surface area (Å²) in [5, 5.41) is 5.00. The van der Waals surface area contributed by atoms with E-state index in [0.717, 1.165) is 16.9 Å². The topological polar surface area (TPSA) is 34.5 Å². The molecule has 0 amide bonds. The number of isothiocyanates is 1. The molecule has 1 aromatic carbocycles. The van der Waals surface area contributed by atoms with Crippen LogP contribution >= 0.6 is 23.6 Å². The summed E-state index contributed by atoms with van der Waals surface area (Å²) in [6, 6.07) is 7.69. The highest BCUT2D eigenvalue weighted by Gasteiger charge is 2.08. The molecule has 5 heteroatoms. The lowest BCUT2D eigenvalue weighted by atomic mass is 10.1. The van der Waals surface area contributed by atoms with Crippen LogP contribution in [0.15, 0.2) is 34.6 Å². The fourth-order valence-electron chi connectivity index (χ4n) is 1.41. The quantitative estimate of drug-likeness (QED) is 0.618. The van der Waals surface area contributed by atoms with Crippen LogP contribution in [0.2, 0.25) is 0 Å². The molecule has 0 aliphatic heterocycles. The van der Waals surface area contributed by atoms with E-state index in [1.54, 1.807) is 0 Å². The van der Waals surface area contributed by atoms with Crippen LogP contribution in [0.1, 0.15) is 6.92 Å². The van der Waals surface area contributed by atoms with E-state index in [2.05, 4.69) is 27.4 Å². The molecule has 0 radical (unpaired) electrons. The Labute approximate surface area is 109 Å². The normalized spacial score (nSPS) is 9.71. The first-order chi connectivity index (χ1) is 8.35. The minimum absolute atomic E-state index is 0.618. The fourth-order valence-corrected chi connectivity index (χ4v) is 2.24. The number of rotatable bonds is 4. The standard InChI is InChI=1S/C12H10N2OS2/c1-2-15-12-14-11(7-17-12)9-5-3-4-6-10(9)13-8-16/h3-7H,2H2,1H3. The molecule has 0 aliphatic rings. The SMILES string of the molecule is CCOc1nc(-c2ccccc2N=C=S)cs1. The average Bonchev–Trinajstić information content (AvgIpc) is 2.79. The first-order valence-electron chi connectivity index (χ1n) is 5.10. The summed E-state index contributed by atoms with van der Waals surface area (Å²) < 4.78 is 5.35. The van der Waals surface area contributed by atoms with Crippen molar-refractivity contribution in [1.29, 1.82) is 0 Å². The molecular formula is C12H10N2OS2. The van der Waals surface area contributed by atoms with Gasteiger partial charge in [-0.2, -0.15) is 4.99 Å². The van der Waals surface area contributed by atoms with Crippen LogP contribution in [-0.2, 0) is 0 Å². The molecule has 17 heavy (non-hydrogen) atoms. The number of ether oxygens (including phenoxy) is 1. The number of hydrogen-bond donors (Lipinski definition) is 0. The molecule has 0 aliphatic carbocycles. The molecule has 1 heterocycles. The van der Waals surface area contributed by atoms with Gasteiger partial charge in [-0.25, -0.2) is 4.98 Å². The summed E-state index contributed by atoms with van der Waals surface area (Å²) in [7, 11) is 0. The Hall–Kier alpha value is -1.55. The largest absolute Gasteiger partial charge is 0.470 e. The number of thiocarbonyl (C=S) groups is 1. The first kappa shape index (κ1) is 11.9. The summed E-state index contributed by atoms with van der Waals surface area (Å²) in [6.07, 6.45) is 0. The zero-order valence-electron chi connectivity index (χ0n) is 9.21. The van der Waals surface area contributed by atoms with Crippen LogP contribution < -0.4 is 4.74 Å². The number of para-hydroxylation sites is 1. The molecule has 0 unspecified atom stereocenters. The molecule has 0 N–H and O–H groups in total. The van der Waals surface area contributed by atoms with Crippen LogP contribution in [0.4, 0.5) is 5.69 Å². The smallest absolute Gasteiger partial charge is 0.273 e. The second kappa shape index (κ2) is 5.68. The number of benzene rings is 1. The lowest BCUT2D eigenvalue weighted by Gasteiger charge is -2.00. The molecular weight excluding hydrogens is 252 g/mol. The van der Waals surface area contributed by atoms with Gasteiger partial charge in [-0.1, -0.05) is 29.5 Å². The van der Waals surface area contributed by atoms with Crippen molar-refractivity contribution in [3.63, 3.8) is 0 Å². The summed E-state index contributed by atoms with van der Waals surface area (Å²) in [5.74, 6) is 0. The highest BCUT2D eigenvalue weighted by atomic mass is 32.1. The number of aliphatic imine (C=N–C) groups is 1. The molecule has 0 atom stereocenters. The minimum atomic E-state index is 0.618. The van der Waals surface area contributed by atoms with E-state index < -0.39 is 0 Å². The number of thiazole rings is 1. The van der Waals surface area contributed by atoms with Gasteiger partial charge < -0.3 is 4.74 Å². The Morgan fingerprint density at radius 3 is 3.06 bits per heavy atom. The molecule has 0 fully saturated rings. The third-order valence-corrected chi connectivity index (χ3v) is 2.94. The van der Waals surface area contributed by atoms with Crippen molar-refractivity contribution in [3.05, 3.63) is 29.6 Å². The second-order valence-corrected chi connectivity index (χ2v) is 4.16. The molecule has 3 nitrogen and oxygen atoms in total. The van der Waals surface area contributed by atoms with Gasteiger partial charge in [-0.3, -0.25) is 0 Å². The maximum absolute atomic E-state index is 5.35. The van der Waals surface area contributed by atoms with Crippen molar-refractivity contribution >= 4 is 34.4 Å². The third kappa shape index (κ3) is 2.77. The van der Waals surface area contributed by atoms with E-state index in [1.807, 2.05) is 36.6 Å². The Balaban J connectivity index is 2.41. The van der Waals surface area contributed by atoms with Crippen molar-refractivity contribution in [3.8, 4) is 16.5 Å². The summed E-state index contributed by atoms with van der Waals surface area (Å²) in [4.78, 5) is 8.41. The van der Waals surface area contributed by atoms with Crippen molar-refractivity contribution < 1.29 is 4.74 Å². The van der Waals surface area contributed by atoms with Gasteiger partial charge in [0.05, 0.1) is 23.1 Å². The molecule has 0 saturated heterocycles. The van der Waals surface area contributed by atoms with E-state index in [0.29, 0.717) is 11.8 Å². The Morgan fingerprint density at radius 2 is 2.29 bits per heavy atom. The van der Waals surface area contributed by atoms with Crippen LogP contribution in [0, 0.1) is 0 Å². The molecule has 0 spiro atoms. The van der Waals surface area contributed by atoms with E-state index in [4.69, 9.17) is 4.74 Å². The summed E-state index contributed by atoms with van der Waals surface area (Å²) in [6.45, 7) is 2.55. The van der Waals surface area contributed by atoms with Crippen LogP contribution in [0.3, 0.4) is 0 Å². The van der Waals surface area contributed by atoms with Crippen LogP contribution in [-0.4, -0.2) is 16.8 Å². The number of nitrogens with zero attached hydrogens (tertiary/aromatic N) is 2. The van der Waals surface area contributed by atoms with E-state index >= 15 is 0 Å². The average molecular weight is 262 g/mol. The van der Waals surface area contributed by atoms with Gasteiger partial charge in [0.15, 0.2) is 0 Å². The van der Waals surface area contributed by atoms with Crippen molar-refractivity contribution in [2.24, 2.45) is 4.99 Å². The van der Waals surface area contributed by atoms with Crippen LogP contribution in [0.5, 0.6) is 5.19 Å². The predicted molar refractivity (Wildman–Crippen MR) is 73.4 cm³/mol. The fraction of sp³-hybridized carbons (Fsp3) is 0.167. The molecule has 0 saturated carbocycles. The van der Waals surface area contributed by atoms with Gasteiger partial charge in [0.25, 0.3) is 5.19 Å². The Bertz CT molecular complexity index is 559. The minimum Gasteiger partial charge on any atom is -0.470 e. The van der Waals surface area contributed by atoms with Gasteiger partial charge in [0.1, 0.15) is 0 Å². The zero-order valence-corrected chi connectivity index (χ0v) is 10.8. The Kier molecular flexibility index (Phi) is 3.98. The van der Waals surface area contributed by atoms with Gasteiger partial charge >= 0.3 is 0 Å². The monoisotopic (exact) mass is 262 g/mol. The van der Waals surface area contributed by atoms with Gasteiger partial charge in [0.2, 0.25) is 0 Å².